The Balaban J connectivity index is 1.92. The number of rotatable bonds is 2. The molecule has 0 unspecified atom stereocenters. The van der Waals surface area contributed by atoms with Gasteiger partial charge < -0.3 is 5.32 Å². The smallest absolute Gasteiger partial charge is 0.0967 e. The number of nitrogens with zero attached hydrogens (tertiary/aromatic N) is 1. The van der Waals surface area contributed by atoms with Crippen molar-refractivity contribution in [1.29, 1.82) is 0 Å². The Labute approximate surface area is 126 Å². The SMILES string of the molecule is Cc1sc(C2CCNCC2)nc1-c1cccc(Br)c1. The van der Waals surface area contributed by atoms with Crippen molar-refractivity contribution in [2.24, 2.45) is 0 Å². The monoisotopic (exact) mass is 336 g/mol. The van der Waals surface area contributed by atoms with Crippen LogP contribution in [0, 0.1) is 6.92 Å². The minimum atomic E-state index is 0.644. The summed E-state index contributed by atoms with van der Waals surface area (Å²) in [6, 6.07) is 8.41. The lowest BCUT2D eigenvalue weighted by molar-refractivity contribution is 0.459. The van der Waals surface area contributed by atoms with Gasteiger partial charge in [-0.1, -0.05) is 28.1 Å². The van der Waals surface area contributed by atoms with Crippen molar-refractivity contribution >= 4 is 27.3 Å². The molecule has 0 saturated carbocycles. The van der Waals surface area contributed by atoms with Crippen LogP contribution in [-0.4, -0.2) is 18.1 Å². The summed E-state index contributed by atoms with van der Waals surface area (Å²) in [4.78, 5) is 6.24. The van der Waals surface area contributed by atoms with Gasteiger partial charge in [-0.05, 0) is 45.0 Å². The van der Waals surface area contributed by atoms with E-state index in [-0.39, 0.29) is 0 Å². The fraction of sp³-hybridized carbons (Fsp3) is 0.400. The first-order valence-electron chi connectivity index (χ1n) is 6.68. The van der Waals surface area contributed by atoms with E-state index in [2.05, 4.69) is 52.4 Å². The third kappa shape index (κ3) is 2.91. The third-order valence-electron chi connectivity index (χ3n) is 3.60. The van der Waals surface area contributed by atoms with Crippen LogP contribution in [0.3, 0.4) is 0 Å². The summed E-state index contributed by atoms with van der Waals surface area (Å²) in [6.45, 7) is 4.42. The van der Waals surface area contributed by atoms with Crippen LogP contribution in [-0.2, 0) is 0 Å². The van der Waals surface area contributed by atoms with Crippen molar-refractivity contribution < 1.29 is 0 Å². The average molecular weight is 337 g/mol. The predicted octanol–water partition coefficient (Wildman–Crippen LogP) is 4.35. The Kier molecular flexibility index (Phi) is 4.01. The van der Waals surface area contributed by atoms with E-state index in [1.165, 1.54) is 28.3 Å². The van der Waals surface area contributed by atoms with Crippen molar-refractivity contribution in [3.05, 3.63) is 38.6 Å². The summed E-state index contributed by atoms with van der Waals surface area (Å²) in [6.07, 6.45) is 2.43. The van der Waals surface area contributed by atoms with Gasteiger partial charge in [0.05, 0.1) is 10.7 Å². The maximum absolute atomic E-state index is 4.91. The standard InChI is InChI=1S/C15H17BrN2S/c1-10-14(12-3-2-4-13(16)9-12)18-15(19-10)11-5-7-17-8-6-11/h2-4,9,11,17H,5-8H2,1H3. The molecular formula is C15H17BrN2S. The van der Waals surface area contributed by atoms with E-state index in [0.29, 0.717) is 5.92 Å². The van der Waals surface area contributed by atoms with E-state index < -0.39 is 0 Å². The summed E-state index contributed by atoms with van der Waals surface area (Å²) >= 11 is 5.40. The topological polar surface area (TPSA) is 24.9 Å². The van der Waals surface area contributed by atoms with Crippen LogP contribution < -0.4 is 5.32 Å². The summed E-state index contributed by atoms with van der Waals surface area (Å²) in [5, 5.41) is 4.73. The second kappa shape index (κ2) is 5.73. The fourth-order valence-corrected chi connectivity index (χ4v) is 4.08. The van der Waals surface area contributed by atoms with E-state index in [0.717, 1.165) is 23.3 Å². The Hall–Kier alpha value is -0.710. The highest BCUT2D eigenvalue weighted by Crippen LogP contribution is 2.35. The number of aryl methyl sites for hydroxylation is 1. The highest BCUT2D eigenvalue weighted by molar-refractivity contribution is 9.10. The number of aromatic nitrogens is 1. The lowest BCUT2D eigenvalue weighted by Gasteiger charge is -2.20. The van der Waals surface area contributed by atoms with Gasteiger partial charge in [0.15, 0.2) is 0 Å². The molecule has 1 aromatic carbocycles. The summed E-state index contributed by atoms with van der Waals surface area (Å²) in [5.74, 6) is 0.644. The Morgan fingerprint density at radius 3 is 2.84 bits per heavy atom. The quantitative estimate of drug-likeness (QED) is 0.881. The molecule has 1 N–H and O–H groups in total. The normalized spacial score (nSPS) is 16.7. The maximum atomic E-state index is 4.91. The molecule has 0 atom stereocenters. The molecule has 3 rings (SSSR count). The average Bonchev–Trinajstić information content (AvgIpc) is 2.82. The second-order valence-corrected chi connectivity index (χ2v) is 7.14. The number of hydrogen-bond acceptors (Lipinski definition) is 3. The first-order valence-corrected chi connectivity index (χ1v) is 8.29. The first kappa shape index (κ1) is 13.3. The highest BCUT2D eigenvalue weighted by Gasteiger charge is 2.20. The summed E-state index contributed by atoms with van der Waals surface area (Å²) in [7, 11) is 0. The van der Waals surface area contributed by atoms with E-state index in [9.17, 15) is 0 Å². The molecule has 0 amide bonds. The molecule has 1 fully saturated rings. The van der Waals surface area contributed by atoms with Crippen molar-refractivity contribution in [3.8, 4) is 11.3 Å². The van der Waals surface area contributed by atoms with Crippen LogP contribution in [0.25, 0.3) is 11.3 Å². The molecule has 1 saturated heterocycles. The third-order valence-corrected chi connectivity index (χ3v) is 5.23. The summed E-state index contributed by atoms with van der Waals surface area (Å²) < 4.78 is 1.11. The number of piperidine rings is 1. The van der Waals surface area contributed by atoms with Gasteiger partial charge in [0.1, 0.15) is 0 Å². The molecule has 2 nitrogen and oxygen atoms in total. The van der Waals surface area contributed by atoms with E-state index in [4.69, 9.17) is 4.98 Å². The Morgan fingerprint density at radius 1 is 1.32 bits per heavy atom. The molecule has 19 heavy (non-hydrogen) atoms. The zero-order valence-electron chi connectivity index (χ0n) is 10.9. The number of hydrogen-bond donors (Lipinski definition) is 1. The van der Waals surface area contributed by atoms with Crippen LogP contribution in [0.15, 0.2) is 28.7 Å². The zero-order valence-corrected chi connectivity index (χ0v) is 13.4. The number of halogens is 1. The summed E-state index contributed by atoms with van der Waals surface area (Å²) in [5.41, 5.74) is 2.36. The molecule has 0 aliphatic carbocycles. The van der Waals surface area contributed by atoms with Crippen LogP contribution in [0.4, 0.5) is 0 Å². The number of thiazole rings is 1. The van der Waals surface area contributed by atoms with Crippen molar-refractivity contribution in [3.63, 3.8) is 0 Å². The zero-order chi connectivity index (χ0) is 13.2. The van der Waals surface area contributed by atoms with Gasteiger partial charge in [0.2, 0.25) is 0 Å². The number of nitrogens with one attached hydrogen (secondary N) is 1. The van der Waals surface area contributed by atoms with Gasteiger partial charge in [-0.3, -0.25) is 0 Å². The molecule has 1 aliphatic heterocycles. The van der Waals surface area contributed by atoms with Gasteiger partial charge in [0.25, 0.3) is 0 Å². The fourth-order valence-electron chi connectivity index (χ4n) is 2.56. The lowest BCUT2D eigenvalue weighted by atomic mass is 9.99. The maximum Gasteiger partial charge on any atom is 0.0967 e. The largest absolute Gasteiger partial charge is 0.317 e. The van der Waals surface area contributed by atoms with Crippen molar-refractivity contribution in [2.75, 3.05) is 13.1 Å². The molecule has 100 valence electrons. The molecule has 4 heteroatoms. The molecule has 2 aromatic rings. The van der Waals surface area contributed by atoms with E-state index in [1.54, 1.807) is 0 Å². The molecular weight excluding hydrogens is 320 g/mol. The van der Waals surface area contributed by atoms with Crippen LogP contribution in [0.1, 0.15) is 28.6 Å². The highest BCUT2D eigenvalue weighted by atomic mass is 79.9. The molecule has 2 heterocycles. The van der Waals surface area contributed by atoms with Crippen molar-refractivity contribution in [1.82, 2.24) is 10.3 Å². The molecule has 0 radical (unpaired) electrons. The minimum absolute atomic E-state index is 0.644. The van der Waals surface area contributed by atoms with Crippen LogP contribution in [0.5, 0.6) is 0 Å². The van der Waals surface area contributed by atoms with E-state index >= 15 is 0 Å². The molecule has 1 aliphatic rings. The van der Waals surface area contributed by atoms with E-state index in [1.807, 2.05) is 11.3 Å². The van der Waals surface area contributed by atoms with Crippen molar-refractivity contribution in [2.45, 2.75) is 25.7 Å². The first-order chi connectivity index (χ1) is 9.24. The van der Waals surface area contributed by atoms with Gasteiger partial charge >= 0.3 is 0 Å². The minimum Gasteiger partial charge on any atom is -0.317 e. The predicted molar refractivity (Wildman–Crippen MR) is 84.8 cm³/mol. The van der Waals surface area contributed by atoms with Gasteiger partial charge in [-0.25, -0.2) is 4.98 Å². The van der Waals surface area contributed by atoms with Gasteiger partial charge in [0, 0.05) is 20.8 Å². The molecule has 1 aromatic heterocycles. The Bertz CT molecular complexity index is 573. The lowest BCUT2D eigenvalue weighted by Crippen LogP contribution is -2.26. The van der Waals surface area contributed by atoms with Crippen LogP contribution in [0.2, 0.25) is 0 Å². The van der Waals surface area contributed by atoms with Gasteiger partial charge in [-0.15, -0.1) is 11.3 Å². The van der Waals surface area contributed by atoms with Crippen LogP contribution >= 0.6 is 27.3 Å². The molecule has 0 spiro atoms. The Morgan fingerprint density at radius 2 is 2.11 bits per heavy atom. The molecule has 0 bridgehead atoms. The van der Waals surface area contributed by atoms with Gasteiger partial charge in [-0.2, -0.15) is 0 Å². The number of benzene rings is 1. The second-order valence-electron chi connectivity index (χ2n) is 4.99.